The van der Waals surface area contributed by atoms with Gasteiger partial charge in [-0.2, -0.15) is 0 Å². The second-order valence-corrected chi connectivity index (χ2v) is 5.62. The van der Waals surface area contributed by atoms with Gasteiger partial charge in [0.05, 0.1) is 11.4 Å². The van der Waals surface area contributed by atoms with E-state index < -0.39 is 0 Å². The number of nitrogens with zero attached hydrogens (tertiary/aromatic N) is 2. The molecule has 0 aliphatic heterocycles. The summed E-state index contributed by atoms with van der Waals surface area (Å²) in [5, 5.41) is 2.47. The van der Waals surface area contributed by atoms with Gasteiger partial charge in [0, 0.05) is 23.5 Å². The Hall–Kier alpha value is -3.00. The number of fused-ring (bicyclic) bond motifs is 1. The molecule has 4 aromatic rings. The Morgan fingerprint density at radius 2 is 1.52 bits per heavy atom. The first-order valence-corrected chi connectivity index (χ1v) is 7.69. The predicted molar refractivity (Wildman–Crippen MR) is 95.1 cm³/mol. The molecule has 0 N–H and O–H groups in total. The van der Waals surface area contributed by atoms with E-state index in [4.69, 9.17) is 4.98 Å². The molecule has 0 spiro atoms. The predicted octanol–water partition coefficient (Wildman–Crippen LogP) is 5.27. The van der Waals surface area contributed by atoms with E-state index in [1.54, 1.807) is 12.4 Å². The van der Waals surface area contributed by atoms with Crippen LogP contribution in [0.3, 0.4) is 0 Å². The molecular formula is C21H16N2. The molecule has 0 aliphatic carbocycles. The molecule has 2 heteroatoms. The maximum absolute atomic E-state index is 4.94. The highest BCUT2D eigenvalue weighted by atomic mass is 14.7. The lowest BCUT2D eigenvalue weighted by molar-refractivity contribution is 1.26. The van der Waals surface area contributed by atoms with Crippen molar-refractivity contribution in [1.29, 1.82) is 0 Å². The molecule has 0 saturated carbocycles. The summed E-state index contributed by atoms with van der Waals surface area (Å²) in [6.07, 6.45) is 3.60. The van der Waals surface area contributed by atoms with Gasteiger partial charge >= 0.3 is 0 Å². The molecule has 0 fully saturated rings. The smallest absolute Gasteiger partial charge is 0.0744 e. The summed E-state index contributed by atoms with van der Waals surface area (Å²) in [6, 6.07) is 23.0. The van der Waals surface area contributed by atoms with Crippen LogP contribution in [0.15, 0.2) is 79.1 Å². The Bertz CT molecular complexity index is 970. The SMILES string of the molecule is Cc1ccc(-c2ccncc2)nc1-c1cccc2ccccc12. The fourth-order valence-corrected chi connectivity index (χ4v) is 2.92. The van der Waals surface area contributed by atoms with Gasteiger partial charge in [0.1, 0.15) is 0 Å². The van der Waals surface area contributed by atoms with E-state index in [1.807, 2.05) is 12.1 Å². The van der Waals surface area contributed by atoms with Gasteiger partial charge in [-0.15, -0.1) is 0 Å². The summed E-state index contributed by atoms with van der Waals surface area (Å²) in [6.45, 7) is 2.11. The standard InChI is InChI=1S/C21H16N2/c1-15-9-10-20(17-11-13-22-14-12-17)23-21(15)19-8-4-6-16-5-2-3-7-18(16)19/h2-14H,1H3. The minimum absolute atomic E-state index is 0.973. The van der Waals surface area contributed by atoms with E-state index in [-0.39, 0.29) is 0 Å². The Morgan fingerprint density at radius 1 is 0.739 bits per heavy atom. The van der Waals surface area contributed by atoms with Crippen LogP contribution in [0.4, 0.5) is 0 Å². The minimum Gasteiger partial charge on any atom is -0.265 e. The summed E-state index contributed by atoms with van der Waals surface area (Å²) < 4.78 is 0. The van der Waals surface area contributed by atoms with Crippen molar-refractivity contribution < 1.29 is 0 Å². The fraction of sp³-hybridized carbons (Fsp3) is 0.0476. The van der Waals surface area contributed by atoms with Crippen LogP contribution in [0.5, 0.6) is 0 Å². The van der Waals surface area contributed by atoms with E-state index >= 15 is 0 Å². The van der Waals surface area contributed by atoms with Crippen LogP contribution >= 0.6 is 0 Å². The molecule has 2 aromatic heterocycles. The quantitative estimate of drug-likeness (QED) is 0.503. The van der Waals surface area contributed by atoms with Crippen molar-refractivity contribution in [2.24, 2.45) is 0 Å². The molecule has 4 rings (SSSR count). The highest BCUT2D eigenvalue weighted by Gasteiger charge is 2.09. The first-order valence-electron chi connectivity index (χ1n) is 7.69. The van der Waals surface area contributed by atoms with Crippen molar-refractivity contribution in [3.8, 4) is 22.5 Å². The van der Waals surface area contributed by atoms with Gasteiger partial charge in [-0.25, -0.2) is 4.98 Å². The lowest BCUT2D eigenvalue weighted by Crippen LogP contribution is -1.93. The largest absolute Gasteiger partial charge is 0.265 e. The van der Waals surface area contributed by atoms with Crippen LogP contribution in [-0.4, -0.2) is 9.97 Å². The number of benzene rings is 2. The Balaban J connectivity index is 1.95. The zero-order chi connectivity index (χ0) is 15.6. The van der Waals surface area contributed by atoms with Gasteiger partial charge in [0.25, 0.3) is 0 Å². The molecule has 2 aromatic carbocycles. The van der Waals surface area contributed by atoms with Crippen molar-refractivity contribution in [1.82, 2.24) is 9.97 Å². The molecule has 2 heterocycles. The van der Waals surface area contributed by atoms with Gasteiger partial charge in [0.2, 0.25) is 0 Å². The molecule has 23 heavy (non-hydrogen) atoms. The van der Waals surface area contributed by atoms with Crippen molar-refractivity contribution in [3.05, 3.63) is 84.7 Å². The van der Waals surface area contributed by atoms with Gasteiger partial charge in [0.15, 0.2) is 0 Å². The Labute approximate surface area is 135 Å². The fourth-order valence-electron chi connectivity index (χ4n) is 2.92. The Morgan fingerprint density at radius 3 is 2.39 bits per heavy atom. The second-order valence-electron chi connectivity index (χ2n) is 5.62. The molecule has 0 saturated heterocycles. The number of rotatable bonds is 2. The van der Waals surface area contributed by atoms with Crippen LogP contribution in [0.25, 0.3) is 33.3 Å². The zero-order valence-corrected chi connectivity index (χ0v) is 12.9. The van der Waals surface area contributed by atoms with Crippen LogP contribution < -0.4 is 0 Å². The average Bonchev–Trinajstić information content (AvgIpc) is 2.62. The van der Waals surface area contributed by atoms with E-state index in [2.05, 4.69) is 66.5 Å². The highest BCUT2D eigenvalue weighted by molar-refractivity contribution is 5.96. The van der Waals surface area contributed by atoms with Crippen molar-refractivity contribution in [2.75, 3.05) is 0 Å². The number of hydrogen-bond acceptors (Lipinski definition) is 2. The first-order chi connectivity index (χ1) is 11.3. The van der Waals surface area contributed by atoms with Crippen LogP contribution in [0, 0.1) is 6.92 Å². The molecule has 0 amide bonds. The summed E-state index contributed by atoms with van der Waals surface area (Å²) in [5.41, 5.74) is 5.45. The molecule has 0 bridgehead atoms. The lowest BCUT2D eigenvalue weighted by atomic mass is 9.98. The van der Waals surface area contributed by atoms with Gasteiger partial charge in [-0.3, -0.25) is 4.98 Å². The topological polar surface area (TPSA) is 25.8 Å². The Kier molecular flexibility index (Phi) is 3.35. The summed E-state index contributed by atoms with van der Waals surface area (Å²) in [4.78, 5) is 9.02. The normalized spacial score (nSPS) is 10.8. The molecule has 0 aliphatic rings. The number of hydrogen-bond donors (Lipinski definition) is 0. The highest BCUT2D eigenvalue weighted by Crippen LogP contribution is 2.31. The summed E-state index contributed by atoms with van der Waals surface area (Å²) in [7, 11) is 0. The van der Waals surface area contributed by atoms with Crippen LogP contribution in [-0.2, 0) is 0 Å². The second kappa shape index (κ2) is 5.65. The number of aromatic nitrogens is 2. The minimum atomic E-state index is 0.973. The third-order valence-corrected chi connectivity index (χ3v) is 4.12. The van der Waals surface area contributed by atoms with Gasteiger partial charge < -0.3 is 0 Å². The van der Waals surface area contributed by atoms with Gasteiger partial charge in [-0.1, -0.05) is 48.5 Å². The van der Waals surface area contributed by atoms with Gasteiger partial charge in [-0.05, 0) is 41.5 Å². The third-order valence-electron chi connectivity index (χ3n) is 4.12. The molecule has 0 unspecified atom stereocenters. The first kappa shape index (κ1) is 13.6. The monoisotopic (exact) mass is 296 g/mol. The zero-order valence-electron chi connectivity index (χ0n) is 12.9. The lowest BCUT2D eigenvalue weighted by Gasteiger charge is -2.11. The van der Waals surface area contributed by atoms with Crippen LogP contribution in [0.2, 0.25) is 0 Å². The molecule has 0 radical (unpaired) electrons. The summed E-state index contributed by atoms with van der Waals surface area (Å²) in [5.74, 6) is 0. The number of pyridine rings is 2. The maximum atomic E-state index is 4.94. The van der Waals surface area contributed by atoms with E-state index in [0.29, 0.717) is 0 Å². The third kappa shape index (κ3) is 2.49. The molecule has 0 atom stereocenters. The van der Waals surface area contributed by atoms with E-state index in [9.17, 15) is 0 Å². The average molecular weight is 296 g/mol. The molecular weight excluding hydrogens is 280 g/mol. The van der Waals surface area contributed by atoms with Crippen molar-refractivity contribution in [3.63, 3.8) is 0 Å². The molecule has 2 nitrogen and oxygen atoms in total. The van der Waals surface area contributed by atoms with E-state index in [1.165, 1.54) is 21.9 Å². The maximum Gasteiger partial charge on any atom is 0.0744 e. The van der Waals surface area contributed by atoms with Crippen LogP contribution in [0.1, 0.15) is 5.56 Å². The summed E-state index contributed by atoms with van der Waals surface area (Å²) >= 11 is 0. The van der Waals surface area contributed by atoms with Crippen molar-refractivity contribution >= 4 is 10.8 Å². The van der Waals surface area contributed by atoms with Crippen molar-refractivity contribution in [2.45, 2.75) is 6.92 Å². The van der Waals surface area contributed by atoms with E-state index in [0.717, 1.165) is 17.0 Å². The number of aryl methyl sites for hydroxylation is 1. The molecule has 110 valence electrons.